The predicted molar refractivity (Wildman–Crippen MR) is 41.8 cm³/mol. The van der Waals surface area contributed by atoms with E-state index in [1.54, 1.807) is 11.6 Å². The van der Waals surface area contributed by atoms with Gasteiger partial charge < -0.3 is 19.9 Å². The molecule has 1 rings (SSSR count). The van der Waals surface area contributed by atoms with Gasteiger partial charge in [-0.3, -0.25) is 0 Å². The number of aliphatic carboxylic acids is 1. The van der Waals surface area contributed by atoms with Crippen molar-refractivity contribution in [3.8, 4) is 0 Å². The molecule has 0 amide bonds. The molecular formula is C7H10N2O4. The highest BCUT2D eigenvalue weighted by Crippen LogP contribution is 2.13. The molecule has 72 valence electrons. The van der Waals surface area contributed by atoms with E-state index in [4.69, 9.17) is 10.2 Å². The summed E-state index contributed by atoms with van der Waals surface area (Å²) in [4.78, 5) is 14.0. The molecule has 1 aromatic rings. The Morgan fingerprint density at radius 2 is 2.23 bits per heavy atom. The monoisotopic (exact) mass is 186 g/mol. The Bertz CT molecular complexity index is 309. The van der Waals surface area contributed by atoms with E-state index < -0.39 is 18.2 Å². The average Bonchev–Trinajstić information content (AvgIpc) is 2.49. The lowest BCUT2D eigenvalue weighted by atomic mass is 10.1. The number of hydrogen-bond acceptors (Lipinski definition) is 4. The van der Waals surface area contributed by atoms with Crippen LogP contribution in [0.3, 0.4) is 0 Å². The fourth-order valence-corrected chi connectivity index (χ4v) is 0.883. The zero-order valence-electron chi connectivity index (χ0n) is 6.95. The molecule has 6 heteroatoms. The summed E-state index contributed by atoms with van der Waals surface area (Å²) >= 11 is 0. The zero-order valence-corrected chi connectivity index (χ0v) is 6.95. The predicted octanol–water partition coefficient (Wildman–Crippen LogP) is -1.10. The second-order valence-corrected chi connectivity index (χ2v) is 2.69. The van der Waals surface area contributed by atoms with Crippen molar-refractivity contribution in [3.05, 3.63) is 18.2 Å². The van der Waals surface area contributed by atoms with Gasteiger partial charge in [0.2, 0.25) is 0 Å². The van der Waals surface area contributed by atoms with Crippen LogP contribution in [0.4, 0.5) is 0 Å². The molecule has 2 unspecified atom stereocenters. The van der Waals surface area contributed by atoms with Crippen LogP contribution in [0.25, 0.3) is 0 Å². The highest BCUT2D eigenvalue weighted by molar-refractivity contribution is 5.72. The van der Waals surface area contributed by atoms with Crippen molar-refractivity contribution in [2.45, 2.75) is 12.2 Å². The third-order valence-corrected chi connectivity index (χ3v) is 1.58. The number of hydrogen-bond donors (Lipinski definition) is 3. The fourth-order valence-electron chi connectivity index (χ4n) is 0.883. The smallest absolute Gasteiger partial charge is 0.335 e. The van der Waals surface area contributed by atoms with Gasteiger partial charge in [0.05, 0.1) is 12.0 Å². The maximum atomic E-state index is 10.3. The van der Waals surface area contributed by atoms with Crippen molar-refractivity contribution in [3.63, 3.8) is 0 Å². The molecule has 0 aliphatic heterocycles. The topological polar surface area (TPSA) is 95.6 Å². The Labute approximate surface area is 74.1 Å². The van der Waals surface area contributed by atoms with E-state index in [0.29, 0.717) is 0 Å². The van der Waals surface area contributed by atoms with Crippen LogP contribution in [0.5, 0.6) is 0 Å². The minimum absolute atomic E-state index is 0.136. The summed E-state index contributed by atoms with van der Waals surface area (Å²) in [6.45, 7) is 0. The quantitative estimate of drug-likeness (QED) is 0.556. The summed E-state index contributed by atoms with van der Waals surface area (Å²) in [5, 5.41) is 26.6. The first kappa shape index (κ1) is 9.69. The second-order valence-electron chi connectivity index (χ2n) is 2.69. The van der Waals surface area contributed by atoms with Gasteiger partial charge in [0.25, 0.3) is 0 Å². The van der Waals surface area contributed by atoms with Crippen LogP contribution in [0, 0.1) is 0 Å². The number of nitrogens with zero attached hydrogens (tertiary/aromatic N) is 2. The normalized spacial score (nSPS) is 15.3. The van der Waals surface area contributed by atoms with Gasteiger partial charge in [-0.1, -0.05) is 0 Å². The van der Waals surface area contributed by atoms with Gasteiger partial charge in [-0.25, -0.2) is 9.78 Å². The highest BCUT2D eigenvalue weighted by Gasteiger charge is 2.26. The van der Waals surface area contributed by atoms with Gasteiger partial charge >= 0.3 is 5.97 Å². The summed E-state index contributed by atoms with van der Waals surface area (Å²) in [5.41, 5.74) is 0.136. The molecule has 3 N–H and O–H groups in total. The largest absolute Gasteiger partial charge is 0.479 e. The number of aryl methyl sites for hydroxylation is 1. The molecule has 2 atom stereocenters. The Balaban J connectivity index is 2.78. The second kappa shape index (κ2) is 3.55. The Hall–Kier alpha value is -1.40. The Morgan fingerprint density at radius 3 is 2.62 bits per heavy atom. The first-order chi connectivity index (χ1) is 6.02. The number of aliphatic hydroxyl groups excluding tert-OH is 2. The van der Waals surface area contributed by atoms with Crippen LogP contribution in [-0.4, -0.2) is 36.9 Å². The lowest BCUT2D eigenvalue weighted by molar-refractivity contribution is -0.153. The van der Waals surface area contributed by atoms with E-state index >= 15 is 0 Å². The fraction of sp³-hybridized carbons (Fsp3) is 0.429. The van der Waals surface area contributed by atoms with Gasteiger partial charge in [0.1, 0.15) is 6.10 Å². The SMILES string of the molecule is Cn1cnc(C(O)C(O)C(=O)O)c1. The molecule has 0 aliphatic carbocycles. The molecule has 6 nitrogen and oxygen atoms in total. The molecule has 13 heavy (non-hydrogen) atoms. The number of aromatic nitrogens is 2. The summed E-state index contributed by atoms with van der Waals surface area (Å²) in [7, 11) is 1.68. The van der Waals surface area contributed by atoms with Gasteiger partial charge in [-0.15, -0.1) is 0 Å². The van der Waals surface area contributed by atoms with Crippen LogP contribution in [0.1, 0.15) is 11.8 Å². The van der Waals surface area contributed by atoms with E-state index in [-0.39, 0.29) is 5.69 Å². The molecule has 1 heterocycles. The maximum Gasteiger partial charge on any atom is 0.335 e. The number of rotatable bonds is 3. The van der Waals surface area contributed by atoms with Gasteiger partial charge in [-0.05, 0) is 0 Å². The molecule has 0 bridgehead atoms. The Morgan fingerprint density at radius 1 is 1.62 bits per heavy atom. The lowest BCUT2D eigenvalue weighted by Crippen LogP contribution is -2.27. The van der Waals surface area contributed by atoms with Crippen molar-refractivity contribution in [2.24, 2.45) is 7.05 Å². The minimum Gasteiger partial charge on any atom is -0.479 e. The summed E-state index contributed by atoms with van der Waals surface area (Å²) in [6.07, 6.45) is -0.474. The molecule has 0 radical (unpaired) electrons. The molecule has 0 aromatic carbocycles. The number of imidazole rings is 1. The average molecular weight is 186 g/mol. The maximum absolute atomic E-state index is 10.3. The van der Waals surface area contributed by atoms with Crippen molar-refractivity contribution in [1.82, 2.24) is 9.55 Å². The number of carbonyl (C=O) groups is 1. The van der Waals surface area contributed by atoms with E-state index in [1.165, 1.54) is 12.5 Å². The standard InChI is InChI=1S/C7H10N2O4/c1-9-2-4(8-3-9)5(10)6(11)7(12)13/h2-3,5-6,10-11H,1H3,(H,12,13). The van der Waals surface area contributed by atoms with Crippen molar-refractivity contribution < 1.29 is 20.1 Å². The van der Waals surface area contributed by atoms with Crippen LogP contribution in [-0.2, 0) is 11.8 Å². The highest BCUT2D eigenvalue weighted by atomic mass is 16.4. The molecule has 0 spiro atoms. The van der Waals surface area contributed by atoms with Crippen LogP contribution in [0.15, 0.2) is 12.5 Å². The third-order valence-electron chi connectivity index (χ3n) is 1.58. The first-order valence-electron chi connectivity index (χ1n) is 3.59. The Kier molecular flexibility index (Phi) is 2.64. The molecule has 0 saturated heterocycles. The molecular weight excluding hydrogens is 176 g/mol. The van der Waals surface area contributed by atoms with E-state index in [1.807, 2.05) is 0 Å². The third kappa shape index (κ3) is 2.04. The minimum atomic E-state index is -1.84. The van der Waals surface area contributed by atoms with Crippen molar-refractivity contribution in [2.75, 3.05) is 0 Å². The molecule has 1 aromatic heterocycles. The number of carboxylic acids is 1. The van der Waals surface area contributed by atoms with Gasteiger partial charge in [0.15, 0.2) is 6.10 Å². The van der Waals surface area contributed by atoms with Crippen molar-refractivity contribution in [1.29, 1.82) is 0 Å². The van der Waals surface area contributed by atoms with Crippen LogP contribution < -0.4 is 0 Å². The van der Waals surface area contributed by atoms with Gasteiger partial charge in [0, 0.05) is 13.2 Å². The van der Waals surface area contributed by atoms with E-state index in [9.17, 15) is 9.90 Å². The molecule has 0 aliphatic rings. The molecule has 0 saturated carbocycles. The number of aliphatic hydroxyl groups is 2. The zero-order chi connectivity index (χ0) is 10.0. The van der Waals surface area contributed by atoms with Crippen molar-refractivity contribution >= 4 is 5.97 Å². The first-order valence-corrected chi connectivity index (χ1v) is 3.59. The summed E-state index contributed by atoms with van der Waals surface area (Å²) < 4.78 is 1.55. The van der Waals surface area contributed by atoms with Crippen LogP contribution >= 0.6 is 0 Å². The number of carboxylic acid groups (broad SMARTS) is 1. The summed E-state index contributed by atoms with van der Waals surface area (Å²) in [5.74, 6) is -1.47. The van der Waals surface area contributed by atoms with E-state index in [0.717, 1.165) is 0 Å². The lowest BCUT2D eigenvalue weighted by Gasteiger charge is -2.10. The molecule has 0 fully saturated rings. The van der Waals surface area contributed by atoms with Crippen LogP contribution in [0.2, 0.25) is 0 Å². The summed E-state index contributed by atoms with van der Waals surface area (Å²) in [6, 6.07) is 0. The van der Waals surface area contributed by atoms with Gasteiger partial charge in [-0.2, -0.15) is 0 Å². The van der Waals surface area contributed by atoms with E-state index in [2.05, 4.69) is 4.98 Å².